The summed E-state index contributed by atoms with van der Waals surface area (Å²) in [6.07, 6.45) is 3.03. The predicted molar refractivity (Wildman–Crippen MR) is 120 cm³/mol. The van der Waals surface area contributed by atoms with E-state index in [0.29, 0.717) is 18.5 Å². The molecule has 0 spiro atoms. The number of morpholine rings is 1. The largest absolute Gasteiger partial charge is 0.379 e. The van der Waals surface area contributed by atoms with Crippen LogP contribution in [0.1, 0.15) is 32.9 Å². The van der Waals surface area contributed by atoms with Gasteiger partial charge in [-0.2, -0.15) is 0 Å². The van der Waals surface area contributed by atoms with Crippen LogP contribution >= 0.6 is 0 Å². The number of fused-ring (bicyclic) bond motifs is 1. The second-order valence-corrected chi connectivity index (χ2v) is 7.99. The Hall–Kier alpha value is -2.18. The van der Waals surface area contributed by atoms with Crippen molar-refractivity contribution in [1.29, 1.82) is 0 Å². The molecule has 0 bridgehead atoms. The highest BCUT2D eigenvalue weighted by molar-refractivity contribution is 5.85. The SMILES string of the molecule is CCNC(=NCc1nccc2ccccc12)NCC(CC(C)C)N1CCOCC1. The highest BCUT2D eigenvalue weighted by Crippen LogP contribution is 2.17. The van der Waals surface area contributed by atoms with Gasteiger partial charge in [-0.15, -0.1) is 0 Å². The lowest BCUT2D eigenvalue weighted by molar-refractivity contribution is 0.0132. The van der Waals surface area contributed by atoms with E-state index >= 15 is 0 Å². The zero-order chi connectivity index (χ0) is 20.5. The Balaban J connectivity index is 1.67. The maximum Gasteiger partial charge on any atom is 0.191 e. The standard InChI is InChI=1S/C23H35N5O/c1-4-24-23(26-16-20(15-18(2)3)28-11-13-29-14-12-28)27-17-22-21-8-6-5-7-19(21)9-10-25-22/h5-10,18,20H,4,11-17H2,1-3H3,(H2,24,26,27). The van der Waals surface area contributed by atoms with E-state index < -0.39 is 0 Å². The molecule has 158 valence electrons. The summed E-state index contributed by atoms with van der Waals surface area (Å²) in [6, 6.07) is 10.9. The van der Waals surface area contributed by atoms with Gasteiger partial charge in [-0.1, -0.05) is 38.1 Å². The van der Waals surface area contributed by atoms with E-state index in [0.717, 1.165) is 57.5 Å². The first-order chi connectivity index (χ1) is 14.2. The van der Waals surface area contributed by atoms with Crippen molar-refractivity contribution < 1.29 is 4.74 Å². The summed E-state index contributed by atoms with van der Waals surface area (Å²) < 4.78 is 5.54. The van der Waals surface area contributed by atoms with Crippen LogP contribution in [0.2, 0.25) is 0 Å². The maximum atomic E-state index is 5.54. The number of guanidine groups is 1. The first-order valence-corrected chi connectivity index (χ1v) is 10.8. The van der Waals surface area contributed by atoms with Crippen LogP contribution in [0.3, 0.4) is 0 Å². The van der Waals surface area contributed by atoms with Crippen molar-refractivity contribution in [3.63, 3.8) is 0 Å². The average molecular weight is 398 g/mol. The van der Waals surface area contributed by atoms with Gasteiger partial charge in [-0.3, -0.25) is 9.88 Å². The smallest absolute Gasteiger partial charge is 0.191 e. The van der Waals surface area contributed by atoms with Crippen molar-refractivity contribution in [3.8, 4) is 0 Å². The Labute approximate surface area is 174 Å². The van der Waals surface area contributed by atoms with Gasteiger partial charge in [0.25, 0.3) is 0 Å². The molecule has 29 heavy (non-hydrogen) atoms. The van der Waals surface area contributed by atoms with Crippen LogP contribution in [0.25, 0.3) is 10.8 Å². The van der Waals surface area contributed by atoms with Crippen LogP contribution in [0.4, 0.5) is 0 Å². The van der Waals surface area contributed by atoms with Crippen molar-refractivity contribution in [2.24, 2.45) is 10.9 Å². The third-order valence-electron chi connectivity index (χ3n) is 5.30. The molecular weight excluding hydrogens is 362 g/mol. The molecule has 0 radical (unpaired) electrons. The molecule has 6 heteroatoms. The summed E-state index contributed by atoms with van der Waals surface area (Å²) in [7, 11) is 0. The molecule has 1 fully saturated rings. The molecule has 1 unspecified atom stereocenters. The Morgan fingerprint density at radius 3 is 2.72 bits per heavy atom. The molecule has 1 saturated heterocycles. The number of benzene rings is 1. The number of aromatic nitrogens is 1. The van der Waals surface area contributed by atoms with Crippen molar-refractivity contribution in [2.75, 3.05) is 39.4 Å². The molecule has 1 aliphatic rings. The first kappa shape index (κ1) is 21.5. The predicted octanol–water partition coefficient (Wildman–Crippen LogP) is 3.04. The van der Waals surface area contributed by atoms with E-state index in [-0.39, 0.29) is 0 Å². The molecule has 1 atom stereocenters. The molecular formula is C23H35N5O. The quantitative estimate of drug-likeness (QED) is 0.530. The van der Waals surface area contributed by atoms with E-state index in [1.165, 1.54) is 10.8 Å². The summed E-state index contributed by atoms with van der Waals surface area (Å²) in [5, 5.41) is 9.32. The number of rotatable bonds is 8. The van der Waals surface area contributed by atoms with Gasteiger partial charge in [-0.05, 0) is 30.7 Å². The van der Waals surface area contributed by atoms with Crippen LogP contribution in [0.15, 0.2) is 41.5 Å². The number of ether oxygens (including phenoxy) is 1. The Morgan fingerprint density at radius 2 is 1.97 bits per heavy atom. The fourth-order valence-electron chi connectivity index (χ4n) is 3.87. The Morgan fingerprint density at radius 1 is 1.17 bits per heavy atom. The van der Waals surface area contributed by atoms with Gasteiger partial charge in [0, 0.05) is 43.8 Å². The van der Waals surface area contributed by atoms with E-state index in [1.807, 2.05) is 12.3 Å². The molecule has 1 aromatic carbocycles. The lowest BCUT2D eigenvalue weighted by atomic mass is 10.0. The van der Waals surface area contributed by atoms with Crippen molar-refractivity contribution in [3.05, 3.63) is 42.2 Å². The average Bonchev–Trinajstić information content (AvgIpc) is 2.75. The van der Waals surface area contributed by atoms with E-state index in [4.69, 9.17) is 9.73 Å². The van der Waals surface area contributed by atoms with Crippen LogP contribution in [-0.4, -0.2) is 61.3 Å². The number of nitrogens with one attached hydrogen (secondary N) is 2. The fraction of sp³-hybridized carbons (Fsp3) is 0.565. The molecule has 6 nitrogen and oxygen atoms in total. The third kappa shape index (κ3) is 6.41. The van der Waals surface area contributed by atoms with Crippen LogP contribution in [0, 0.1) is 5.92 Å². The number of hydrogen-bond donors (Lipinski definition) is 2. The topological polar surface area (TPSA) is 61.8 Å². The molecule has 1 aromatic heterocycles. The molecule has 1 aliphatic heterocycles. The zero-order valence-corrected chi connectivity index (χ0v) is 18.0. The number of pyridine rings is 1. The summed E-state index contributed by atoms with van der Waals surface area (Å²) in [4.78, 5) is 11.9. The van der Waals surface area contributed by atoms with Crippen LogP contribution in [0.5, 0.6) is 0 Å². The van der Waals surface area contributed by atoms with Gasteiger partial charge < -0.3 is 15.4 Å². The molecule has 3 rings (SSSR count). The first-order valence-electron chi connectivity index (χ1n) is 10.8. The minimum atomic E-state index is 0.485. The van der Waals surface area contributed by atoms with E-state index in [9.17, 15) is 0 Å². The summed E-state index contributed by atoms with van der Waals surface area (Å²) in [5.41, 5.74) is 1.01. The summed E-state index contributed by atoms with van der Waals surface area (Å²) >= 11 is 0. The summed E-state index contributed by atoms with van der Waals surface area (Å²) in [5.74, 6) is 1.51. The second-order valence-electron chi connectivity index (χ2n) is 7.99. The van der Waals surface area contributed by atoms with Crippen LogP contribution < -0.4 is 10.6 Å². The molecule has 2 heterocycles. The minimum Gasteiger partial charge on any atom is -0.379 e. The normalized spacial score (nSPS) is 16.9. The Bertz CT molecular complexity index is 780. The maximum absolute atomic E-state index is 5.54. The van der Waals surface area contributed by atoms with Crippen molar-refractivity contribution in [1.82, 2.24) is 20.5 Å². The van der Waals surface area contributed by atoms with Gasteiger partial charge >= 0.3 is 0 Å². The van der Waals surface area contributed by atoms with Gasteiger partial charge in [0.1, 0.15) is 0 Å². The number of nitrogens with zero attached hydrogens (tertiary/aromatic N) is 3. The Kier molecular flexibility index (Phi) is 8.25. The third-order valence-corrected chi connectivity index (χ3v) is 5.30. The van der Waals surface area contributed by atoms with Crippen molar-refractivity contribution >= 4 is 16.7 Å². The molecule has 2 aromatic rings. The van der Waals surface area contributed by atoms with E-state index in [2.05, 4.69) is 65.6 Å². The van der Waals surface area contributed by atoms with Gasteiger partial charge in [0.15, 0.2) is 5.96 Å². The monoisotopic (exact) mass is 397 g/mol. The summed E-state index contributed by atoms with van der Waals surface area (Å²) in [6.45, 7) is 12.6. The van der Waals surface area contributed by atoms with Crippen molar-refractivity contribution in [2.45, 2.75) is 39.8 Å². The molecule has 0 aliphatic carbocycles. The van der Waals surface area contributed by atoms with Gasteiger partial charge in [0.05, 0.1) is 25.5 Å². The minimum absolute atomic E-state index is 0.485. The second kappa shape index (κ2) is 11.1. The van der Waals surface area contributed by atoms with Gasteiger partial charge in [-0.25, -0.2) is 4.99 Å². The van der Waals surface area contributed by atoms with Crippen LogP contribution in [-0.2, 0) is 11.3 Å². The number of hydrogen-bond acceptors (Lipinski definition) is 4. The molecule has 0 amide bonds. The highest BCUT2D eigenvalue weighted by atomic mass is 16.5. The molecule has 0 saturated carbocycles. The van der Waals surface area contributed by atoms with Gasteiger partial charge in [0.2, 0.25) is 0 Å². The lowest BCUT2D eigenvalue weighted by Gasteiger charge is -2.35. The fourth-order valence-corrected chi connectivity index (χ4v) is 3.87. The highest BCUT2D eigenvalue weighted by Gasteiger charge is 2.22. The lowest BCUT2D eigenvalue weighted by Crippen LogP contribution is -2.51. The molecule has 2 N–H and O–H groups in total. The zero-order valence-electron chi connectivity index (χ0n) is 18.0. The van der Waals surface area contributed by atoms with E-state index in [1.54, 1.807) is 0 Å². The number of aliphatic imine (C=N–C) groups is 1.